The van der Waals surface area contributed by atoms with Crippen LogP contribution in [-0.2, 0) is 27.3 Å². The molecule has 0 saturated carbocycles. The summed E-state index contributed by atoms with van der Waals surface area (Å²) in [5.41, 5.74) is 1.90. The minimum atomic E-state index is -0.574. The Morgan fingerprint density at radius 3 is 2.52 bits per heavy atom. The quantitative estimate of drug-likeness (QED) is 0.596. The van der Waals surface area contributed by atoms with Crippen LogP contribution in [0.4, 0.5) is 0 Å². The van der Waals surface area contributed by atoms with Gasteiger partial charge in [0, 0.05) is 17.5 Å². The van der Waals surface area contributed by atoms with E-state index >= 15 is 0 Å². The molecular weight excluding hydrogens is 272 g/mol. The zero-order valence-corrected chi connectivity index (χ0v) is 12.8. The van der Waals surface area contributed by atoms with Gasteiger partial charge in [-0.25, -0.2) is 4.79 Å². The van der Waals surface area contributed by atoms with E-state index in [0.29, 0.717) is 19.6 Å². The molecule has 1 aromatic carbocycles. The first-order chi connectivity index (χ1) is 10.2. The van der Waals surface area contributed by atoms with E-state index in [9.17, 15) is 4.79 Å². The van der Waals surface area contributed by atoms with Crippen LogP contribution in [0.3, 0.4) is 0 Å². The van der Waals surface area contributed by atoms with Gasteiger partial charge in [0.15, 0.2) is 6.10 Å². The molecule has 2 rings (SSSR count). The van der Waals surface area contributed by atoms with Crippen LogP contribution >= 0.6 is 0 Å². The maximum Gasteiger partial charge on any atom is 0.335 e. The highest BCUT2D eigenvalue weighted by Gasteiger charge is 2.30. The maximum atomic E-state index is 12.0. The van der Waals surface area contributed by atoms with Gasteiger partial charge in [-0.15, -0.1) is 0 Å². The van der Waals surface area contributed by atoms with E-state index in [1.807, 2.05) is 12.1 Å². The second-order valence-electron chi connectivity index (χ2n) is 4.95. The second-order valence-corrected chi connectivity index (χ2v) is 4.95. The van der Waals surface area contributed by atoms with Crippen molar-refractivity contribution in [2.24, 2.45) is 0 Å². The molecule has 116 valence electrons. The number of hydrogen-bond donors (Lipinski definition) is 0. The molecule has 0 N–H and O–H groups in total. The molecule has 0 bridgehead atoms. The lowest BCUT2D eigenvalue weighted by atomic mass is 9.97. The van der Waals surface area contributed by atoms with Gasteiger partial charge >= 0.3 is 5.97 Å². The van der Waals surface area contributed by atoms with Gasteiger partial charge in [-0.05, 0) is 18.6 Å². The lowest BCUT2D eigenvalue weighted by Crippen LogP contribution is -2.32. The molecule has 1 aliphatic heterocycles. The highest BCUT2D eigenvalue weighted by molar-refractivity contribution is 5.76. The molecule has 0 aromatic heterocycles. The first-order valence-electron chi connectivity index (χ1n) is 7.22. The average Bonchev–Trinajstić information content (AvgIpc) is 2.53. The minimum absolute atomic E-state index is 0.307. The van der Waals surface area contributed by atoms with E-state index < -0.39 is 6.10 Å². The van der Waals surface area contributed by atoms with Gasteiger partial charge in [-0.3, -0.25) is 0 Å². The Labute approximate surface area is 125 Å². The van der Waals surface area contributed by atoms with Crippen LogP contribution in [-0.4, -0.2) is 32.9 Å². The molecule has 0 radical (unpaired) electrons. The summed E-state index contributed by atoms with van der Waals surface area (Å²) in [4.78, 5) is 12.0. The Balaban J connectivity index is 2.13. The van der Waals surface area contributed by atoms with Crippen molar-refractivity contribution in [3.05, 3.63) is 23.3 Å². The molecule has 1 aliphatic rings. The smallest absolute Gasteiger partial charge is 0.335 e. The number of hydrogen-bond acceptors (Lipinski definition) is 5. The zero-order valence-electron chi connectivity index (χ0n) is 12.8. The Morgan fingerprint density at radius 1 is 1.24 bits per heavy atom. The monoisotopic (exact) mass is 294 g/mol. The molecule has 0 saturated heterocycles. The van der Waals surface area contributed by atoms with Crippen molar-refractivity contribution in [2.45, 2.75) is 38.9 Å². The summed E-state index contributed by atoms with van der Waals surface area (Å²) in [5.74, 6) is 1.20. The molecule has 1 heterocycles. The van der Waals surface area contributed by atoms with Crippen molar-refractivity contribution in [1.82, 2.24) is 0 Å². The van der Waals surface area contributed by atoms with Crippen molar-refractivity contribution >= 4 is 5.97 Å². The van der Waals surface area contributed by atoms with Crippen LogP contribution in [0.1, 0.15) is 30.9 Å². The molecule has 0 aliphatic carbocycles. The molecular formula is C16H22O5. The first kappa shape index (κ1) is 15.6. The molecule has 0 amide bonds. The van der Waals surface area contributed by atoms with Crippen molar-refractivity contribution < 1.29 is 23.7 Å². The third-order valence-electron chi connectivity index (χ3n) is 3.61. The van der Waals surface area contributed by atoms with Gasteiger partial charge < -0.3 is 18.9 Å². The number of ether oxygens (including phenoxy) is 4. The van der Waals surface area contributed by atoms with Crippen LogP contribution in [0.2, 0.25) is 0 Å². The van der Waals surface area contributed by atoms with Crippen LogP contribution in [0.15, 0.2) is 12.1 Å². The summed E-state index contributed by atoms with van der Waals surface area (Å²) >= 11 is 0. The average molecular weight is 294 g/mol. The number of rotatable bonds is 6. The Morgan fingerprint density at radius 2 is 1.90 bits per heavy atom. The second kappa shape index (κ2) is 7.31. The molecule has 21 heavy (non-hydrogen) atoms. The van der Waals surface area contributed by atoms with Crippen LogP contribution in [0.25, 0.3) is 0 Å². The van der Waals surface area contributed by atoms with Crippen molar-refractivity contribution in [3.8, 4) is 11.5 Å². The summed E-state index contributed by atoms with van der Waals surface area (Å²) in [5, 5.41) is 0. The van der Waals surface area contributed by atoms with E-state index in [2.05, 4.69) is 6.92 Å². The molecule has 1 atom stereocenters. The summed E-state index contributed by atoms with van der Waals surface area (Å²) in [6.45, 7) is 2.82. The lowest BCUT2D eigenvalue weighted by Gasteiger charge is -2.26. The van der Waals surface area contributed by atoms with E-state index in [0.717, 1.165) is 35.5 Å². The fourth-order valence-electron chi connectivity index (χ4n) is 2.40. The van der Waals surface area contributed by atoms with Crippen molar-refractivity contribution in [3.63, 3.8) is 0 Å². The van der Waals surface area contributed by atoms with Crippen LogP contribution in [0, 0.1) is 0 Å². The number of unbranched alkanes of at least 4 members (excludes halogenated alkanes) is 1. The number of methoxy groups -OCH3 is 2. The molecule has 5 nitrogen and oxygen atoms in total. The predicted molar refractivity (Wildman–Crippen MR) is 77.7 cm³/mol. The number of benzene rings is 1. The minimum Gasteiger partial charge on any atom is -0.496 e. The summed E-state index contributed by atoms with van der Waals surface area (Å²) in [6.07, 6.45) is 1.73. The lowest BCUT2D eigenvalue weighted by molar-refractivity contribution is -0.159. The Kier molecular flexibility index (Phi) is 5.44. The van der Waals surface area contributed by atoms with E-state index in [4.69, 9.17) is 18.9 Å². The fraction of sp³-hybridized carbons (Fsp3) is 0.562. The first-order valence-corrected chi connectivity index (χ1v) is 7.22. The van der Waals surface area contributed by atoms with Gasteiger partial charge in [0.1, 0.15) is 11.5 Å². The normalized spacial score (nSPS) is 17.0. The van der Waals surface area contributed by atoms with Gasteiger partial charge in [0.05, 0.1) is 27.4 Å². The maximum absolute atomic E-state index is 12.0. The van der Waals surface area contributed by atoms with Gasteiger partial charge in [-0.2, -0.15) is 0 Å². The third-order valence-corrected chi connectivity index (χ3v) is 3.61. The molecule has 0 spiro atoms. The standard InChI is InChI=1S/C16H22O5/c1-4-5-8-20-16(17)15-9-11-12(10-21-15)14(19-3)7-6-13(11)18-2/h6-7,15H,4-5,8-10H2,1-3H3. The molecule has 0 fully saturated rings. The number of fused-ring (bicyclic) bond motifs is 1. The topological polar surface area (TPSA) is 54.0 Å². The van der Waals surface area contributed by atoms with Gasteiger partial charge in [-0.1, -0.05) is 13.3 Å². The largest absolute Gasteiger partial charge is 0.496 e. The highest BCUT2D eigenvalue weighted by Crippen LogP contribution is 2.35. The molecule has 1 unspecified atom stereocenters. The summed E-state index contributed by atoms with van der Waals surface area (Å²) in [7, 11) is 3.24. The van der Waals surface area contributed by atoms with E-state index in [-0.39, 0.29) is 5.97 Å². The molecule has 5 heteroatoms. The predicted octanol–water partition coefficient (Wildman–Crippen LogP) is 2.49. The Bertz CT molecular complexity index is 498. The zero-order chi connectivity index (χ0) is 15.2. The van der Waals surface area contributed by atoms with Crippen LogP contribution < -0.4 is 9.47 Å². The van der Waals surface area contributed by atoms with E-state index in [1.54, 1.807) is 14.2 Å². The number of carbonyl (C=O) groups excluding carboxylic acids is 1. The van der Waals surface area contributed by atoms with Crippen molar-refractivity contribution in [1.29, 1.82) is 0 Å². The summed E-state index contributed by atoms with van der Waals surface area (Å²) < 4.78 is 21.6. The van der Waals surface area contributed by atoms with Gasteiger partial charge in [0.25, 0.3) is 0 Å². The highest BCUT2D eigenvalue weighted by atomic mass is 16.6. The van der Waals surface area contributed by atoms with Crippen LogP contribution in [0.5, 0.6) is 11.5 Å². The Hall–Kier alpha value is -1.75. The SMILES string of the molecule is CCCCOC(=O)C1Cc2c(OC)ccc(OC)c2CO1. The van der Waals surface area contributed by atoms with E-state index in [1.165, 1.54) is 0 Å². The third kappa shape index (κ3) is 3.47. The van der Waals surface area contributed by atoms with Gasteiger partial charge in [0.2, 0.25) is 0 Å². The summed E-state index contributed by atoms with van der Waals surface area (Å²) in [6, 6.07) is 3.70. The fourth-order valence-corrected chi connectivity index (χ4v) is 2.40. The van der Waals surface area contributed by atoms with Crippen molar-refractivity contribution in [2.75, 3.05) is 20.8 Å². The molecule has 1 aromatic rings. The number of carbonyl (C=O) groups is 1. The number of esters is 1.